The zero-order valence-electron chi connectivity index (χ0n) is 12.0. The Hall–Kier alpha value is -1.39. The minimum atomic E-state index is -0.800. The van der Waals surface area contributed by atoms with Crippen LogP contribution in [-0.2, 0) is 11.2 Å². The molecule has 1 aliphatic rings. The van der Waals surface area contributed by atoms with E-state index >= 15 is 0 Å². The summed E-state index contributed by atoms with van der Waals surface area (Å²) in [5, 5.41) is 17.8. The van der Waals surface area contributed by atoms with E-state index in [0.29, 0.717) is 11.7 Å². The molecular formula is C14H23N3O2. The number of carbonyl (C=O) groups is 1. The van der Waals surface area contributed by atoms with Gasteiger partial charge in [0.05, 0.1) is 0 Å². The quantitative estimate of drug-likeness (QED) is 0.888. The zero-order chi connectivity index (χ0) is 14.0. The van der Waals surface area contributed by atoms with Gasteiger partial charge in [-0.15, -0.1) is 10.2 Å². The van der Waals surface area contributed by atoms with Gasteiger partial charge in [0.15, 0.2) is 0 Å². The smallest absolute Gasteiger partial charge is 0.327 e. The van der Waals surface area contributed by atoms with Crippen LogP contribution in [0.5, 0.6) is 0 Å². The lowest BCUT2D eigenvalue weighted by atomic mass is 10.0. The van der Waals surface area contributed by atoms with Gasteiger partial charge in [-0.25, -0.2) is 4.79 Å². The van der Waals surface area contributed by atoms with Crippen molar-refractivity contribution in [3.05, 3.63) is 11.6 Å². The molecule has 1 aromatic heterocycles. The highest BCUT2D eigenvalue weighted by atomic mass is 16.4. The molecule has 0 spiro atoms. The first-order chi connectivity index (χ1) is 9.00. The Kier molecular flexibility index (Phi) is 4.22. The van der Waals surface area contributed by atoms with Crippen LogP contribution in [0.2, 0.25) is 0 Å². The summed E-state index contributed by atoms with van der Waals surface area (Å²) >= 11 is 0. The first-order valence-corrected chi connectivity index (χ1v) is 7.14. The van der Waals surface area contributed by atoms with Gasteiger partial charge in [0.2, 0.25) is 0 Å². The Labute approximate surface area is 114 Å². The number of rotatable bonds is 5. The highest BCUT2D eigenvalue weighted by Gasteiger charge is 2.29. The lowest BCUT2D eigenvalue weighted by Gasteiger charge is -2.21. The summed E-state index contributed by atoms with van der Waals surface area (Å²) in [5.74, 6) is 1.41. The van der Waals surface area contributed by atoms with Crippen molar-refractivity contribution in [2.45, 2.75) is 58.9 Å². The molecule has 5 heteroatoms. The Bertz CT molecular complexity index is 448. The summed E-state index contributed by atoms with van der Waals surface area (Å²) in [7, 11) is 0. The molecule has 1 N–H and O–H groups in total. The van der Waals surface area contributed by atoms with E-state index in [1.807, 2.05) is 25.3 Å². The van der Waals surface area contributed by atoms with E-state index in [0.717, 1.165) is 12.2 Å². The maximum absolute atomic E-state index is 11.5. The normalized spacial score (nSPS) is 18.1. The summed E-state index contributed by atoms with van der Waals surface area (Å²) in [4.78, 5) is 11.5. The van der Waals surface area contributed by atoms with Crippen LogP contribution in [0.3, 0.4) is 0 Å². The van der Waals surface area contributed by atoms with Crippen molar-refractivity contribution >= 4 is 5.97 Å². The lowest BCUT2D eigenvalue weighted by molar-refractivity contribution is -0.142. The molecule has 0 amide bonds. The van der Waals surface area contributed by atoms with E-state index in [-0.39, 0.29) is 5.92 Å². The Morgan fingerprint density at radius 3 is 2.53 bits per heavy atom. The lowest BCUT2D eigenvalue weighted by Crippen LogP contribution is -2.27. The van der Waals surface area contributed by atoms with Crippen LogP contribution in [0.4, 0.5) is 0 Å². The van der Waals surface area contributed by atoms with Gasteiger partial charge in [0.25, 0.3) is 0 Å². The molecule has 1 aliphatic carbocycles. The van der Waals surface area contributed by atoms with Crippen LogP contribution in [0.25, 0.3) is 0 Å². The number of nitrogens with zero attached hydrogens (tertiary/aromatic N) is 3. The van der Waals surface area contributed by atoms with Gasteiger partial charge in [-0.3, -0.25) is 0 Å². The maximum atomic E-state index is 11.5. The number of aryl methyl sites for hydroxylation is 1. The molecule has 19 heavy (non-hydrogen) atoms. The van der Waals surface area contributed by atoms with Gasteiger partial charge in [-0.05, 0) is 18.8 Å². The molecule has 1 unspecified atom stereocenters. The summed E-state index contributed by atoms with van der Waals surface area (Å²) in [6.45, 7) is 5.69. The summed E-state index contributed by atoms with van der Waals surface area (Å²) in [6, 6.07) is -0.564. The maximum Gasteiger partial charge on any atom is 0.327 e. The number of hydrogen-bond acceptors (Lipinski definition) is 3. The van der Waals surface area contributed by atoms with Crippen LogP contribution < -0.4 is 0 Å². The molecule has 1 fully saturated rings. The van der Waals surface area contributed by atoms with Crippen LogP contribution >= 0.6 is 0 Å². The largest absolute Gasteiger partial charge is 0.480 e. The van der Waals surface area contributed by atoms with E-state index in [2.05, 4.69) is 10.2 Å². The first kappa shape index (κ1) is 14.0. The van der Waals surface area contributed by atoms with Gasteiger partial charge in [-0.1, -0.05) is 39.5 Å². The summed E-state index contributed by atoms with van der Waals surface area (Å²) < 4.78 is 1.82. The molecule has 106 valence electrons. The van der Waals surface area contributed by atoms with Gasteiger partial charge in [0, 0.05) is 6.42 Å². The highest BCUT2D eigenvalue weighted by Crippen LogP contribution is 2.29. The van der Waals surface area contributed by atoms with E-state index in [1.165, 1.54) is 25.7 Å². The zero-order valence-corrected chi connectivity index (χ0v) is 12.0. The van der Waals surface area contributed by atoms with E-state index in [9.17, 15) is 9.90 Å². The Morgan fingerprint density at radius 2 is 2.00 bits per heavy atom. The monoisotopic (exact) mass is 265 g/mol. The van der Waals surface area contributed by atoms with Crippen LogP contribution in [-0.4, -0.2) is 25.8 Å². The highest BCUT2D eigenvalue weighted by molar-refractivity contribution is 5.72. The number of carboxylic acid groups (broad SMARTS) is 1. The summed E-state index contributed by atoms with van der Waals surface area (Å²) in [5.41, 5.74) is 0. The Balaban J connectivity index is 2.27. The third-order valence-electron chi connectivity index (χ3n) is 4.05. The van der Waals surface area contributed by atoms with Gasteiger partial charge >= 0.3 is 5.97 Å². The second-order valence-corrected chi connectivity index (χ2v) is 5.92. The third kappa shape index (κ3) is 2.96. The first-order valence-electron chi connectivity index (χ1n) is 7.14. The SMILES string of the molecule is Cc1nnc(CC2CCCC2)n1C(C(=O)O)C(C)C. The number of hydrogen-bond donors (Lipinski definition) is 1. The van der Waals surface area contributed by atoms with E-state index in [1.54, 1.807) is 0 Å². The molecule has 0 radical (unpaired) electrons. The minimum absolute atomic E-state index is 0.0227. The molecule has 2 rings (SSSR count). The number of aliphatic carboxylic acids is 1. The van der Waals surface area contributed by atoms with Crippen LogP contribution in [0, 0.1) is 18.8 Å². The van der Waals surface area contributed by atoms with Crippen molar-refractivity contribution in [2.24, 2.45) is 11.8 Å². The third-order valence-corrected chi connectivity index (χ3v) is 4.05. The number of carboxylic acids is 1. The van der Waals surface area contributed by atoms with Crippen molar-refractivity contribution in [2.75, 3.05) is 0 Å². The molecule has 1 atom stereocenters. The topological polar surface area (TPSA) is 68.0 Å². The average molecular weight is 265 g/mol. The van der Waals surface area contributed by atoms with Crippen LogP contribution in [0.1, 0.15) is 57.2 Å². The fourth-order valence-electron chi connectivity index (χ4n) is 3.08. The molecule has 0 saturated heterocycles. The molecule has 0 bridgehead atoms. The van der Waals surface area contributed by atoms with Gasteiger partial charge in [-0.2, -0.15) is 0 Å². The molecule has 1 heterocycles. The van der Waals surface area contributed by atoms with Crippen molar-refractivity contribution in [1.82, 2.24) is 14.8 Å². The standard InChI is InChI=1S/C14H23N3O2/c1-9(2)13(14(18)19)17-10(3)15-16-12(17)8-11-6-4-5-7-11/h9,11,13H,4-8H2,1-3H3,(H,18,19). The molecular weight excluding hydrogens is 242 g/mol. The molecule has 0 aromatic carbocycles. The van der Waals surface area contributed by atoms with Gasteiger partial charge < -0.3 is 9.67 Å². The van der Waals surface area contributed by atoms with Crippen LogP contribution in [0.15, 0.2) is 0 Å². The predicted molar refractivity (Wildman–Crippen MR) is 71.9 cm³/mol. The van der Waals surface area contributed by atoms with Crippen molar-refractivity contribution in [3.63, 3.8) is 0 Å². The Morgan fingerprint density at radius 1 is 1.37 bits per heavy atom. The molecule has 1 saturated carbocycles. The van der Waals surface area contributed by atoms with Crippen molar-refractivity contribution in [1.29, 1.82) is 0 Å². The second kappa shape index (κ2) is 5.72. The van der Waals surface area contributed by atoms with E-state index < -0.39 is 12.0 Å². The van der Waals surface area contributed by atoms with E-state index in [4.69, 9.17) is 0 Å². The molecule has 1 aromatic rings. The summed E-state index contributed by atoms with van der Waals surface area (Å²) in [6.07, 6.45) is 5.88. The fourth-order valence-corrected chi connectivity index (χ4v) is 3.08. The molecule has 5 nitrogen and oxygen atoms in total. The second-order valence-electron chi connectivity index (χ2n) is 5.92. The van der Waals surface area contributed by atoms with Gasteiger partial charge in [0.1, 0.15) is 17.7 Å². The van der Waals surface area contributed by atoms with Crippen molar-refractivity contribution < 1.29 is 9.90 Å². The number of aromatic nitrogens is 3. The molecule has 0 aliphatic heterocycles. The average Bonchev–Trinajstić information content (AvgIpc) is 2.93. The fraction of sp³-hybridized carbons (Fsp3) is 0.786. The minimum Gasteiger partial charge on any atom is -0.480 e. The van der Waals surface area contributed by atoms with Crippen molar-refractivity contribution in [3.8, 4) is 0 Å². The predicted octanol–water partition coefficient (Wildman–Crippen LogP) is 2.60.